The lowest BCUT2D eigenvalue weighted by Crippen LogP contribution is -2.63. The number of carbonyl (C=O) groups excluding carboxylic acids is 3. The first-order valence-electron chi connectivity index (χ1n) is 17.6. The Bertz CT molecular complexity index is 1550. The summed E-state index contributed by atoms with van der Waals surface area (Å²) < 4.78 is 7.11. The molecule has 264 valence electrons. The van der Waals surface area contributed by atoms with Gasteiger partial charge in [-0.1, -0.05) is 88.4 Å². The summed E-state index contributed by atoms with van der Waals surface area (Å²) in [4.78, 5) is 50.5. The minimum atomic E-state index is -1.26. The number of nitrogens with zero attached hydrogens (tertiary/aromatic N) is 3. The van der Waals surface area contributed by atoms with Crippen LogP contribution in [0.25, 0.3) is 0 Å². The molecule has 1 spiro atoms. The standard InChI is InChI=1S/C41H55N3O5/c1-10-22-42(30-20-16-13-17-21-30)35(46)32-33-36(47)44(31(26-45)24-29-18-14-12-15-19-29)34(41(33)25-28(3)40(32,9)49-41)37(48)43(23-11-2)39(7,8)27-38(4,5)6/h10-21,28,31-34,45H,1-2,22-27H2,3-9H3/t28?,31-,32+,33+,34?,40-,41?/m1/s1. The molecular weight excluding hydrogens is 614 g/mol. The predicted octanol–water partition coefficient (Wildman–Crippen LogP) is 6.05. The largest absolute Gasteiger partial charge is 0.394 e. The first-order chi connectivity index (χ1) is 23.1. The number of hydrogen-bond acceptors (Lipinski definition) is 5. The normalized spacial score (nSPS) is 28.2. The van der Waals surface area contributed by atoms with Crippen LogP contribution in [-0.2, 0) is 25.5 Å². The number of para-hydroxylation sites is 1. The average Bonchev–Trinajstić information content (AvgIpc) is 3.56. The van der Waals surface area contributed by atoms with Crippen molar-refractivity contribution in [1.82, 2.24) is 9.80 Å². The van der Waals surface area contributed by atoms with Gasteiger partial charge >= 0.3 is 0 Å². The number of amides is 3. The third-order valence-electron chi connectivity index (χ3n) is 11.1. The zero-order valence-corrected chi connectivity index (χ0v) is 30.4. The molecule has 3 unspecified atom stereocenters. The van der Waals surface area contributed by atoms with Gasteiger partial charge < -0.3 is 24.5 Å². The van der Waals surface area contributed by atoms with E-state index in [0.29, 0.717) is 24.9 Å². The molecule has 3 amide bonds. The van der Waals surface area contributed by atoms with Crippen molar-refractivity contribution in [2.45, 2.75) is 96.6 Å². The quantitative estimate of drug-likeness (QED) is 0.263. The van der Waals surface area contributed by atoms with E-state index in [0.717, 1.165) is 5.56 Å². The van der Waals surface area contributed by atoms with Gasteiger partial charge in [-0.2, -0.15) is 0 Å². The lowest BCUT2D eigenvalue weighted by Gasteiger charge is -2.46. The van der Waals surface area contributed by atoms with Gasteiger partial charge in [0.05, 0.1) is 30.1 Å². The Labute approximate surface area is 292 Å². The van der Waals surface area contributed by atoms with Crippen molar-refractivity contribution in [1.29, 1.82) is 0 Å². The molecule has 3 fully saturated rings. The third kappa shape index (κ3) is 6.38. The number of likely N-dealkylation sites (tertiary alicyclic amines) is 1. The van der Waals surface area contributed by atoms with Gasteiger partial charge in [0.2, 0.25) is 17.7 Å². The zero-order valence-electron chi connectivity index (χ0n) is 30.4. The number of aliphatic hydroxyl groups is 1. The summed E-state index contributed by atoms with van der Waals surface area (Å²) in [5, 5.41) is 11.0. The van der Waals surface area contributed by atoms with Gasteiger partial charge in [-0.05, 0) is 69.1 Å². The van der Waals surface area contributed by atoms with E-state index in [9.17, 15) is 9.90 Å². The Morgan fingerprint density at radius 2 is 1.59 bits per heavy atom. The van der Waals surface area contributed by atoms with Crippen LogP contribution >= 0.6 is 0 Å². The third-order valence-corrected chi connectivity index (χ3v) is 11.1. The van der Waals surface area contributed by atoms with Gasteiger partial charge in [-0.15, -0.1) is 13.2 Å². The molecule has 5 rings (SSSR count). The highest BCUT2D eigenvalue weighted by atomic mass is 16.5. The van der Waals surface area contributed by atoms with E-state index in [1.807, 2.05) is 72.5 Å². The molecule has 8 nitrogen and oxygen atoms in total. The highest BCUT2D eigenvalue weighted by Crippen LogP contribution is 2.66. The lowest BCUT2D eigenvalue weighted by atomic mass is 9.62. The number of hydrogen-bond donors (Lipinski definition) is 1. The highest BCUT2D eigenvalue weighted by molar-refractivity contribution is 6.03. The molecule has 2 aromatic carbocycles. The second-order valence-electron chi connectivity index (χ2n) is 16.3. The molecule has 1 N–H and O–H groups in total. The van der Waals surface area contributed by atoms with Gasteiger partial charge in [0.25, 0.3) is 0 Å². The topological polar surface area (TPSA) is 90.4 Å². The van der Waals surface area contributed by atoms with Gasteiger partial charge in [0.1, 0.15) is 11.6 Å². The van der Waals surface area contributed by atoms with E-state index in [4.69, 9.17) is 4.74 Å². The summed E-state index contributed by atoms with van der Waals surface area (Å²) in [7, 11) is 0. The van der Waals surface area contributed by atoms with Crippen LogP contribution in [0.3, 0.4) is 0 Å². The Kier molecular flexibility index (Phi) is 10.1. The Morgan fingerprint density at radius 3 is 2.14 bits per heavy atom. The zero-order chi connectivity index (χ0) is 35.9. The molecule has 2 aromatic rings. The van der Waals surface area contributed by atoms with E-state index in [1.165, 1.54) is 0 Å². The smallest absolute Gasteiger partial charge is 0.249 e. The number of carbonyl (C=O) groups is 3. The molecule has 8 heteroatoms. The van der Waals surface area contributed by atoms with Crippen LogP contribution in [0.15, 0.2) is 86.0 Å². The maximum atomic E-state index is 15.4. The van der Waals surface area contributed by atoms with Crippen LogP contribution in [0.2, 0.25) is 0 Å². The minimum Gasteiger partial charge on any atom is -0.394 e. The Morgan fingerprint density at radius 1 is 1.00 bits per heavy atom. The predicted molar refractivity (Wildman–Crippen MR) is 194 cm³/mol. The number of rotatable bonds is 13. The molecule has 0 aromatic heterocycles. The van der Waals surface area contributed by atoms with Gasteiger partial charge in [-0.25, -0.2) is 0 Å². The Balaban J connectivity index is 1.68. The molecule has 3 heterocycles. The summed E-state index contributed by atoms with van der Waals surface area (Å²) in [6.07, 6.45) is 4.90. The van der Waals surface area contributed by atoms with Crippen molar-refractivity contribution < 1.29 is 24.2 Å². The maximum Gasteiger partial charge on any atom is 0.249 e. The van der Waals surface area contributed by atoms with E-state index in [2.05, 4.69) is 54.7 Å². The maximum absolute atomic E-state index is 15.4. The molecule has 3 saturated heterocycles. The number of anilines is 1. The highest BCUT2D eigenvalue weighted by Gasteiger charge is 2.80. The molecule has 0 radical (unpaired) electrons. The Hall–Kier alpha value is -3.75. The van der Waals surface area contributed by atoms with Crippen LogP contribution in [0, 0.1) is 23.2 Å². The van der Waals surface area contributed by atoms with E-state index >= 15 is 9.59 Å². The number of fused-ring (bicyclic) bond motifs is 1. The summed E-state index contributed by atoms with van der Waals surface area (Å²) in [6.45, 7) is 22.6. The van der Waals surface area contributed by atoms with Crippen molar-refractivity contribution in [2.75, 3.05) is 24.6 Å². The van der Waals surface area contributed by atoms with E-state index in [1.54, 1.807) is 22.0 Å². The van der Waals surface area contributed by atoms with Crippen molar-refractivity contribution in [3.05, 3.63) is 91.5 Å². The van der Waals surface area contributed by atoms with Crippen molar-refractivity contribution in [3.63, 3.8) is 0 Å². The first-order valence-corrected chi connectivity index (χ1v) is 17.6. The molecular formula is C41H55N3O5. The molecule has 3 aliphatic rings. The SMILES string of the molecule is C=CCN(C(=O)[C@@H]1[C@H]2C(=O)N([C@@H](CO)Cc3ccccc3)C(C(=O)N(CC=C)C(C)(C)CC(C)(C)C)C23CC(C)[C@@]1(C)O3)c1ccccc1. The summed E-state index contributed by atoms with van der Waals surface area (Å²) in [5.74, 6) is -2.68. The average molecular weight is 670 g/mol. The van der Waals surface area contributed by atoms with Gasteiger partial charge in [0.15, 0.2) is 0 Å². The van der Waals surface area contributed by atoms with Crippen LogP contribution < -0.4 is 4.90 Å². The fourth-order valence-corrected chi connectivity index (χ4v) is 9.40. The van der Waals surface area contributed by atoms with Crippen LogP contribution in [0.1, 0.15) is 66.9 Å². The monoisotopic (exact) mass is 669 g/mol. The molecule has 2 bridgehead atoms. The van der Waals surface area contributed by atoms with Crippen molar-refractivity contribution in [2.24, 2.45) is 23.2 Å². The lowest BCUT2D eigenvalue weighted by molar-refractivity contribution is -0.159. The molecule has 3 aliphatic heterocycles. The fourth-order valence-electron chi connectivity index (χ4n) is 9.40. The fraction of sp³-hybridized carbons (Fsp3) is 0.537. The van der Waals surface area contributed by atoms with Crippen molar-refractivity contribution >= 4 is 23.4 Å². The molecule has 49 heavy (non-hydrogen) atoms. The van der Waals surface area contributed by atoms with E-state index < -0.39 is 40.7 Å². The van der Waals surface area contributed by atoms with E-state index in [-0.39, 0.29) is 48.8 Å². The number of aliphatic hydroxyl groups excluding tert-OH is 1. The molecule has 0 aliphatic carbocycles. The number of ether oxygens (including phenoxy) is 1. The van der Waals surface area contributed by atoms with Crippen LogP contribution in [-0.4, -0.2) is 81.1 Å². The van der Waals surface area contributed by atoms with Crippen LogP contribution in [0.5, 0.6) is 0 Å². The summed E-state index contributed by atoms with van der Waals surface area (Å²) >= 11 is 0. The summed E-state index contributed by atoms with van der Waals surface area (Å²) in [5.41, 5.74) is -1.31. The van der Waals surface area contributed by atoms with Gasteiger partial charge in [0, 0.05) is 24.3 Å². The molecule has 7 atom stereocenters. The summed E-state index contributed by atoms with van der Waals surface area (Å²) in [6, 6.07) is 17.3. The van der Waals surface area contributed by atoms with Gasteiger partial charge in [-0.3, -0.25) is 14.4 Å². The minimum absolute atomic E-state index is 0.0932. The number of benzene rings is 2. The van der Waals surface area contributed by atoms with Crippen molar-refractivity contribution in [3.8, 4) is 0 Å². The second-order valence-corrected chi connectivity index (χ2v) is 16.3. The first kappa shape index (κ1) is 36.5. The molecule has 0 saturated carbocycles. The van der Waals surface area contributed by atoms with Crippen LogP contribution in [0.4, 0.5) is 5.69 Å². The second kappa shape index (κ2) is 13.5.